The molecule has 2 aliphatic rings. The first kappa shape index (κ1) is 14.9. The number of rotatable bonds is 2. The predicted octanol–water partition coefficient (Wildman–Crippen LogP) is 2.59. The maximum Gasteiger partial charge on any atom is 0.183 e. The molecule has 2 saturated heterocycles. The van der Waals surface area contributed by atoms with E-state index in [0.29, 0.717) is 17.3 Å². The minimum Gasteiger partial charge on any atom is -0.365 e. The molecule has 24 heavy (non-hydrogen) atoms. The van der Waals surface area contributed by atoms with Gasteiger partial charge in [-0.1, -0.05) is 12.1 Å². The van der Waals surface area contributed by atoms with Gasteiger partial charge in [0.25, 0.3) is 0 Å². The summed E-state index contributed by atoms with van der Waals surface area (Å²) in [4.78, 5) is 12.2. The first-order valence-corrected chi connectivity index (χ1v) is 8.24. The molecule has 0 radical (unpaired) electrons. The van der Waals surface area contributed by atoms with E-state index in [1.807, 2.05) is 29.2 Å². The molecule has 6 heteroatoms. The van der Waals surface area contributed by atoms with Crippen molar-refractivity contribution in [2.24, 2.45) is 5.92 Å². The van der Waals surface area contributed by atoms with Crippen LogP contribution in [0.4, 0.5) is 15.9 Å². The SMILES string of the molecule is N#Cc1ccccc1N1CCC2CCN(c3ncncc3F)CC21. The van der Waals surface area contributed by atoms with Gasteiger partial charge in [0.1, 0.15) is 12.4 Å². The number of fused-ring (bicyclic) bond motifs is 1. The van der Waals surface area contributed by atoms with Crippen molar-refractivity contribution in [3.63, 3.8) is 0 Å². The Morgan fingerprint density at radius 3 is 2.88 bits per heavy atom. The first-order valence-electron chi connectivity index (χ1n) is 8.24. The minimum atomic E-state index is -0.377. The summed E-state index contributed by atoms with van der Waals surface area (Å²) in [5.41, 5.74) is 1.68. The van der Waals surface area contributed by atoms with Crippen LogP contribution in [-0.4, -0.2) is 35.6 Å². The van der Waals surface area contributed by atoms with E-state index < -0.39 is 0 Å². The molecule has 5 nitrogen and oxygen atoms in total. The van der Waals surface area contributed by atoms with Crippen molar-refractivity contribution in [3.8, 4) is 6.07 Å². The Balaban J connectivity index is 1.62. The van der Waals surface area contributed by atoms with Crippen molar-refractivity contribution < 1.29 is 4.39 Å². The highest BCUT2D eigenvalue weighted by Gasteiger charge is 2.39. The van der Waals surface area contributed by atoms with E-state index in [-0.39, 0.29) is 11.9 Å². The summed E-state index contributed by atoms with van der Waals surface area (Å²) in [6, 6.07) is 10.3. The van der Waals surface area contributed by atoms with Crippen molar-refractivity contribution in [1.82, 2.24) is 9.97 Å². The maximum atomic E-state index is 14.0. The van der Waals surface area contributed by atoms with Gasteiger partial charge in [-0.2, -0.15) is 5.26 Å². The highest BCUT2D eigenvalue weighted by atomic mass is 19.1. The number of piperidine rings is 1. The summed E-state index contributed by atoms with van der Waals surface area (Å²) >= 11 is 0. The van der Waals surface area contributed by atoms with Gasteiger partial charge in [0.05, 0.1) is 17.4 Å². The van der Waals surface area contributed by atoms with Gasteiger partial charge < -0.3 is 9.80 Å². The number of anilines is 2. The number of nitriles is 1. The van der Waals surface area contributed by atoms with Gasteiger partial charge in [0, 0.05) is 25.7 Å². The zero-order valence-corrected chi connectivity index (χ0v) is 13.3. The van der Waals surface area contributed by atoms with Crippen molar-refractivity contribution in [1.29, 1.82) is 5.26 Å². The second-order valence-corrected chi connectivity index (χ2v) is 6.37. The molecule has 2 unspecified atom stereocenters. The second-order valence-electron chi connectivity index (χ2n) is 6.37. The summed E-state index contributed by atoms with van der Waals surface area (Å²) in [7, 11) is 0. The van der Waals surface area contributed by atoms with Crippen molar-refractivity contribution >= 4 is 11.5 Å². The van der Waals surface area contributed by atoms with Crippen LogP contribution in [0.3, 0.4) is 0 Å². The molecule has 122 valence electrons. The largest absolute Gasteiger partial charge is 0.365 e. The number of hydrogen-bond donors (Lipinski definition) is 0. The molecule has 0 spiro atoms. The van der Waals surface area contributed by atoms with Gasteiger partial charge in [0.15, 0.2) is 11.6 Å². The molecule has 1 aromatic heterocycles. The molecular formula is C18H18FN5. The summed E-state index contributed by atoms with van der Waals surface area (Å²) in [6.07, 6.45) is 4.73. The molecule has 4 rings (SSSR count). The Kier molecular flexibility index (Phi) is 3.77. The molecule has 0 aliphatic carbocycles. The first-order chi connectivity index (χ1) is 11.8. The smallest absolute Gasteiger partial charge is 0.183 e. The zero-order valence-electron chi connectivity index (χ0n) is 13.3. The Hall–Kier alpha value is -2.68. The number of hydrogen-bond acceptors (Lipinski definition) is 5. The van der Waals surface area contributed by atoms with Crippen LogP contribution < -0.4 is 9.80 Å². The number of benzene rings is 1. The number of halogens is 1. The quantitative estimate of drug-likeness (QED) is 0.850. The third-order valence-electron chi connectivity index (χ3n) is 5.14. The monoisotopic (exact) mass is 323 g/mol. The average molecular weight is 323 g/mol. The highest BCUT2D eigenvalue weighted by molar-refractivity contribution is 5.61. The summed E-state index contributed by atoms with van der Waals surface area (Å²) < 4.78 is 14.0. The van der Waals surface area contributed by atoms with Gasteiger partial charge in [0.2, 0.25) is 0 Å². The molecular weight excluding hydrogens is 305 g/mol. The molecule has 2 aromatic rings. The molecule has 0 saturated carbocycles. The van der Waals surface area contributed by atoms with E-state index in [4.69, 9.17) is 0 Å². The Labute approximate surface area is 140 Å². The maximum absolute atomic E-state index is 14.0. The molecule has 2 aliphatic heterocycles. The summed E-state index contributed by atoms with van der Waals surface area (Å²) in [6.45, 7) is 2.47. The van der Waals surface area contributed by atoms with Gasteiger partial charge in [-0.05, 0) is 30.9 Å². The topological polar surface area (TPSA) is 56.1 Å². The van der Waals surface area contributed by atoms with E-state index >= 15 is 0 Å². The van der Waals surface area contributed by atoms with E-state index in [2.05, 4.69) is 20.9 Å². The molecule has 0 amide bonds. The third kappa shape index (κ3) is 2.46. The fourth-order valence-corrected chi connectivity index (χ4v) is 3.99. The van der Waals surface area contributed by atoms with Gasteiger partial charge in [-0.15, -0.1) is 0 Å². The molecule has 3 heterocycles. The third-order valence-corrected chi connectivity index (χ3v) is 5.14. The Bertz CT molecular complexity index is 787. The number of nitrogens with zero attached hydrogens (tertiary/aromatic N) is 5. The lowest BCUT2D eigenvalue weighted by atomic mass is 9.92. The molecule has 0 N–H and O–H groups in total. The van der Waals surface area contributed by atoms with Crippen molar-refractivity contribution in [3.05, 3.63) is 48.2 Å². The summed E-state index contributed by atoms with van der Waals surface area (Å²) in [5, 5.41) is 9.39. The van der Waals surface area contributed by atoms with E-state index in [1.54, 1.807) is 0 Å². The lowest BCUT2D eigenvalue weighted by Crippen LogP contribution is -2.49. The van der Waals surface area contributed by atoms with Crippen LogP contribution >= 0.6 is 0 Å². The van der Waals surface area contributed by atoms with E-state index in [1.165, 1.54) is 12.5 Å². The van der Waals surface area contributed by atoms with Crippen molar-refractivity contribution in [2.45, 2.75) is 18.9 Å². The predicted molar refractivity (Wildman–Crippen MR) is 89.2 cm³/mol. The van der Waals surface area contributed by atoms with Crippen LogP contribution in [0.2, 0.25) is 0 Å². The fourth-order valence-electron chi connectivity index (χ4n) is 3.99. The Morgan fingerprint density at radius 1 is 1.21 bits per heavy atom. The van der Waals surface area contributed by atoms with Crippen LogP contribution in [0.5, 0.6) is 0 Å². The van der Waals surface area contributed by atoms with Gasteiger partial charge in [-0.25, -0.2) is 14.4 Å². The van der Waals surface area contributed by atoms with Crippen LogP contribution in [0.15, 0.2) is 36.8 Å². The minimum absolute atomic E-state index is 0.280. The number of para-hydroxylation sites is 1. The second kappa shape index (κ2) is 6.08. The molecule has 1 aromatic carbocycles. The van der Waals surface area contributed by atoms with E-state index in [9.17, 15) is 9.65 Å². The lowest BCUT2D eigenvalue weighted by molar-refractivity contribution is 0.386. The highest BCUT2D eigenvalue weighted by Crippen LogP contribution is 2.37. The Morgan fingerprint density at radius 2 is 2.04 bits per heavy atom. The average Bonchev–Trinajstić information content (AvgIpc) is 3.05. The van der Waals surface area contributed by atoms with E-state index in [0.717, 1.165) is 38.2 Å². The lowest BCUT2D eigenvalue weighted by Gasteiger charge is -2.40. The number of aromatic nitrogens is 2. The molecule has 0 bridgehead atoms. The van der Waals surface area contributed by atoms with Gasteiger partial charge in [-0.3, -0.25) is 0 Å². The fraction of sp³-hybridized carbons (Fsp3) is 0.389. The normalized spacial score (nSPS) is 23.0. The molecule has 2 atom stereocenters. The van der Waals surface area contributed by atoms with Crippen LogP contribution in [0, 0.1) is 23.1 Å². The molecule has 2 fully saturated rings. The van der Waals surface area contributed by atoms with Gasteiger partial charge >= 0.3 is 0 Å². The zero-order chi connectivity index (χ0) is 16.5. The summed E-state index contributed by atoms with van der Waals surface area (Å²) in [5.74, 6) is 0.583. The van der Waals surface area contributed by atoms with Crippen LogP contribution in [-0.2, 0) is 0 Å². The standard InChI is InChI=1S/C18H18FN5/c19-15-10-21-12-22-18(15)23-7-5-13-6-8-24(17(13)11-23)16-4-2-1-3-14(16)9-20/h1-4,10,12-13,17H,5-8,11H2. The van der Waals surface area contributed by atoms with Crippen molar-refractivity contribution in [2.75, 3.05) is 29.4 Å². The van der Waals surface area contributed by atoms with Crippen LogP contribution in [0.25, 0.3) is 0 Å². The van der Waals surface area contributed by atoms with Crippen LogP contribution in [0.1, 0.15) is 18.4 Å².